The zero-order chi connectivity index (χ0) is 18.9. The van der Waals surface area contributed by atoms with Crippen LogP contribution in [0.15, 0.2) is 64.0 Å². The van der Waals surface area contributed by atoms with E-state index in [9.17, 15) is 8.42 Å². The Balaban J connectivity index is 1.85. The molecule has 3 aromatic rings. The first-order valence-electron chi connectivity index (χ1n) is 8.77. The van der Waals surface area contributed by atoms with E-state index in [2.05, 4.69) is 4.98 Å². The lowest BCUT2D eigenvalue weighted by atomic mass is 10.1. The number of morpholine rings is 1. The molecule has 0 saturated carbocycles. The molecule has 4 rings (SSSR count). The fraction of sp³-hybridized carbons (Fsp3) is 0.250. The summed E-state index contributed by atoms with van der Waals surface area (Å²) in [6.45, 7) is 3.36. The van der Waals surface area contributed by atoms with Crippen LogP contribution in [0, 0.1) is 6.92 Å². The van der Waals surface area contributed by atoms with Crippen LogP contribution in [-0.4, -0.2) is 44.0 Å². The van der Waals surface area contributed by atoms with Crippen molar-refractivity contribution in [2.45, 2.75) is 11.9 Å². The third-order valence-electron chi connectivity index (χ3n) is 4.48. The van der Waals surface area contributed by atoms with Gasteiger partial charge in [-0.25, -0.2) is 8.42 Å². The second-order valence-corrected chi connectivity index (χ2v) is 8.26. The summed E-state index contributed by atoms with van der Waals surface area (Å²) < 4.78 is 39.1. The topological polar surface area (TPSA) is 72.6 Å². The van der Waals surface area contributed by atoms with Crippen LogP contribution in [-0.2, 0) is 14.8 Å². The van der Waals surface area contributed by atoms with Crippen molar-refractivity contribution in [2.24, 2.45) is 0 Å². The lowest BCUT2D eigenvalue weighted by Gasteiger charge is -2.25. The number of rotatable bonds is 4. The highest BCUT2D eigenvalue weighted by molar-refractivity contribution is 7.89. The molecule has 0 aliphatic carbocycles. The highest BCUT2D eigenvalue weighted by Crippen LogP contribution is 2.34. The van der Waals surface area contributed by atoms with Crippen LogP contribution in [0.5, 0.6) is 0 Å². The summed E-state index contributed by atoms with van der Waals surface area (Å²) in [5.41, 5.74) is 2.52. The molecule has 1 aliphatic heterocycles. The predicted octanol–water partition coefficient (Wildman–Crippen LogP) is 3.34. The zero-order valence-corrected chi connectivity index (χ0v) is 15.8. The van der Waals surface area contributed by atoms with Crippen molar-refractivity contribution in [3.8, 4) is 22.8 Å². The van der Waals surface area contributed by atoms with Gasteiger partial charge in [0.2, 0.25) is 10.9 Å². The number of nitrogens with zero attached hydrogens (tertiary/aromatic N) is 2. The molecule has 0 bridgehead atoms. The lowest BCUT2D eigenvalue weighted by Crippen LogP contribution is -2.40. The SMILES string of the molecule is Cc1ccc(-c2nc(S(=O)(=O)N3CCOCC3)c(-c3ccccc3)o2)cc1. The molecule has 0 atom stereocenters. The van der Waals surface area contributed by atoms with Crippen LogP contribution in [0.25, 0.3) is 22.8 Å². The predicted molar refractivity (Wildman–Crippen MR) is 102 cm³/mol. The first kappa shape index (κ1) is 17.9. The van der Waals surface area contributed by atoms with Crippen molar-refractivity contribution < 1.29 is 17.6 Å². The monoisotopic (exact) mass is 384 g/mol. The third kappa shape index (κ3) is 3.53. The van der Waals surface area contributed by atoms with E-state index in [1.807, 2.05) is 61.5 Å². The Kier molecular flexibility index (Phi) is 4.82. The molecule has 0 radical (unpaired) electrons. The summed E-state index contributed by atoms with van der Waals surface area (Å²) in [5.74, 6) is 0.554. The molecule has 0 amide bonds. The van der Waals surface area contributed by atoms with Crippen LogP contribution in [0.4, 0.5) is 0 Å². The van der Waals surface area contributed by atoms with E-state index in [-0.39, 0.29) is 10.8 Å². The van der Waals surface area contributed by atoms with Crippen molar-refractivity contribution >= 4 is 10.0 Å². The maximum atomic E-state index is 13.2. The maximum absolute atomic E-state index is 13.2. The molecule has 1 fully saturated rings. The Morgan fingerprint density at radius 3 is 2.26 bits per heavy atom. The fourth-order valence-corrected chi connectivity index (χ4v) is 4.45. The van der Waals surface area contributed by atoms with Crippen molar-refractivity contribution in [1.29, 1.82) is 0 Å². The van der Waals surface area contributed by atoms with E-state index in [1.54, 1.807) is 0 Å². The Morgan fingerprint density at radius 1 is 0.926 bits per heavy atom. The number of aryl methyl sites for hydroxylation is 1. The third-order valence-corrected chi connectivity index (χ3v) is 6.30. The van der Waals surface area contributed by atoms with Gasteiger partial charge in [-0.2, -0.15) is 9.29 Å². The van der Waals surface area contributed by atoms with Crippen molar-refractivity contribution in [2.75, 3.05) is 26.3 Å². The van der Waals surface area contributed by atoms with Crippen molar-refractivity contribution in [3.63, 3.8) is 0 Å². The summed E-state index contributed by atoms with van der Waals surface area (Å²) in [7, 11) is -3.79. The van der Waals surface area contributed by atoms with Gasteiger partial charge in [0.05, 0.1) is 13.2 Å². The minimum atomic E-state index is -3.79. The number of aromatic nitrogens is 1. The Bertz CT molecular complexity index is 1020. The molecule has 1 aliphatic rings. The quantitative estimate of drug-likeness (QED) is 0.690. The average molecular weight is 384 g/mol. The summed E-state index contributed by atoms with van der Waals surface area (Å²) in [5, 5.41) is -0.0498. The molecule has 140 valence electrons. The summed E-state index contributed by atoms with van der Waals surface area (Å²) in [6.07, 6.45) is 0. The Labute approximate surface area is 158 Å². The van der Waals surface area contributed by atoms with Gasteiger partial charge in [-0.05, 0) is 19.1 Å². The number of hydrogen-bond acceptors (Lipinski definition) is 5. The standard InChI is InChI=1S/C20H20N2O4S/c1-15-7-9-17(10-8-15)19-21-20(18(26-19)16-5-3-2-4-6-16)27(23,24)22-11-13-25-14-12-22/h2-10H,11-14H2,1H3. The lowest BCUT2D eigenvalue weighted by molar-refractivity contribution is 0.0729. The highest BCUT2D eigenvalue weighted by atomic mass is 32.2. The first-order chi connectivity index (χ1) is 13.1. The van der Waals surface area contributed by atoms with Crippen LogP contribution >= 0.6 is 0 Å². The van der Waals surface area contributed by atoms with Gasteiger partial charge in [-0.1, -0.05) is 48.0 Å². The molecule has 1 aromatic heterocycles. The minimum Gasteiger partial charge on any atom is -0.435 e. The van der Waals surface area contributed by atoms with Crippen molar-refractivity contribution in [3.05, 3.63) is 60.2 Å². The molecule has 2 aromatic carbocycles. The van der Waals surface area contributed by atoms with Crippen LogP contribution in [0.2, 0.25) is 0 Å². The van der Waals surface area contributed by atoms with E-state index in [0.717, 1.165) is 11.1 Å². The van der Waals surface area contributed by atoms with Gasteiger partial charge in [-0.15, -0.1) is 0 Å². The molecular weight excluding hydrogens is 364 g/mol. The number of sulfonamides is 1. The molecule has 0 spiro atoms. The Morgan fingerprint density at radius 2 is 1.59 bits per heavy atom. The molecule has 0 unspecified atom stereocenters. The molecule has 27 heavy (non-hydrogen) atoms. The molecular formula is C20H20N2O4S. The van der Waals surface area contributed by atoms with E-state index in [0.29, 0.717) is 37.8 Å². The summed E-state index contributed by atoms with van der Waals surface area (Å²) in [6, 6.07) is 16.8. The van der Waals surface area contributed by atoms with Crippen LogP contribution < -0.4 is 0 Å². The van der Waals surface area contributed by atoms with Gasteiger partial charge >= 0.3 is 0 Å². The van der Waals surface area contributed by atoms with Gasteiger partial charge in [0.1, 0.15) is 0 Å². The van der Waals surface area contributed by atoms with Gasteiger partial charge in [0, 0.05) is 24.2 Å². The zero-order valence-electron chi connectivity index (χ0n) is 15.0. The normalized spacial score (nSPS) is 15.7. The minimum absolute atomic E-state index is 0.0498. The molecule has 7 heteroatoms. The molecule has 0 N–H and O–H groups in total. The molecule has 6 nitrogen and oxygen atoms in total. The largest absolute Gasteiger partial charge is 0.435 e. The van der Waals surface area contributed by atoms with Crippen LogP contribution in [0.3, 0.4) is 0 Å². The second-order valence-electron chi connectivity index (χ2n) is 6.40. The van der Waals surface area contributed by atoms with Crippen molar-refractivity contribution in [1.82, 2.24) is 9.29 Å². The van der Waals surface area contributed by atoms with Gasteiger partial charge < -0.3 is 9.15 Å². The van der Waals surface area contributed by atoms with E-state index in [1.165, 1.54) is 4.31 Å². The summed E-state index contributed by atoms with van der Waals surface area (Å²) >= 11 is 0. The van der Waals surface area contributed by atoms with Gasteiger partial charge in [-0.3, -0.25) is 0 Å². The molecule has 2 heterocycles. The first-order valence-corrected chi connectivity index (χ1v) is 10.2. The van der Waals surface area contributed by atoms with Gasteiger partial charge in [0.25, 0.3) is 10.0 Å². The highest BCUT2D eigenvalue weighted by Gasteiger charge is 2.33. The fourth-order valence-electron chi connectivity index (χ4n) is 2.98. The molecule has 1 saturated heterocycles. The summed E-state index contributed by atoms with van der Waals surface area (Å²) in [4.78, 5) is 4.40. The smallest absolute Gasteiger partial charge is 0.264 e. The number of oxazole rings is 1. The number of benzene rings is 2. The van der Waals surface area contributed by atoms with Gasteiger partial charge in [0.15, 0.2) is 5.76 Å². The van der Waals surface area contributed by atoms with E-state index < -0.39 is 10.0 Å². The number of ether oxygens (including phenoxy) is 1. The Hall–Kier alpha value is -2.48. The average Bonchev–Trinajstić information content (AvgIpc) is 3.16. The van der Waals surface area contributed by atoms with E-state index in [4.69, 9.17) is 9.15 Å². The van der Waals surface area contributed by atoms with E-state index >= 15 is 0 Å². The second kappa shape index (κ2) is 7.26. The maximum Gasteiger partial charge on any atom is 0.264 e. The number of hydrogen-bond donors (Lipinski definition) is 0. The van der Waals surface area contributed by atoms with Crippen LogP contribution in [0.1, 0.15) is 5.56 Å².